The zero-order chi connectivity index (χ0) is 15.0. The Bertz CT molecular complexity index is 764. The molecule has 2 heterocycles. The molecule has 0 radical (unpaired) electrons. The lowest BCUT2D eigenvalue weighted by molar-refractivity contribution is -0.122. The maximum Gasteiger partial charge on any atom is 0.278 e. The summed E-state index contributed by atoms with van der Waals surface area (Å²) in [5.74, 6) is 0.201. The number of benzene rings is 1. The molecular formula is C16H18N2O3. The molecule has 1 aliphatic rings. The van der Waals surface area contributed by atoms with E-state index in [1.54, 1.807) is 11.5 Å². The molecule has 5 heteroatoms. The van der Waals surface area contributed by atoms with Crippen LogP contribution in [0.15, 0.2) is 29.1 Å². The fourth-order valence-corrected chi connectivity index (χ4v) is 2.60. The summed E-state index contributed by atoms with van der Waals surface area (Å²) in [4.78, 5) is 24.4. The number of pyridine rings is 1. The quantitative estimate of drug-likeness (QED) is 0.943. The molecule has 2 aromatic rings. The molecule has 1 aliphatic heterocycles. The molecule has 1 aromatic carbocycles. The van der Waals surface area contributed by atoms with Crippen LogP contribution >= 0.6 is 0 Å². The standard InChI is InChI=1S/C16H18N2O3/c1-3-4-9-18-12-8-6-5-7-11(12)14-13(16(18)20)17-15(19)10(2)21-14/h5-8,10H,3-4,9H2,1-2H3,(H,17,19). The number of hydrogen-bond acceptors (Lipinski definition) is 3. The normalized spacial score (nSPS) is 17.2. The zero-order valence-electron chi connectivity index (χ0n) is 12.2. The van der Waals surface area contributed by atoms with Gasteiger partial charge in [0.05, 0.1) is 5.52 Å². The second-order valence-electron chi connectivity index (χ2n) is 5.28. The number of ether oxygens (including phenoxy) is 1. The molecule has 21 heavy (non-hydrogen) atoms. The first-order chi connectivity index (χ1) is 10.1. The Morgan fingerprint density at radius 2 is 2.05 bits per heavy atom. The molecule has 5 nitrogen and oxygen atoms in total. The number of nitrogens with one attached hydrogen (secondary N) is 1. The molecule has 0 saturated carbocycles. The third-order valence-electron chi connectivity index (χ3n) is 3.77. The number of para-hydroxylation sites is 1. The first-order valence-electron chi connectivity index (χ1n) is 7.26. The Morgan fingerprint density at radius 1 is 1.29 bits per heavy atom. The second kappa shape index (κ2) is 5.24. The van der Waals surface area contributed by atoms with Crippen LogP contribution in [-0.2, 0) is 11.3 Å². The molecular weight excluding hydrogens is 268 g/mol. The number of aryl methyl sites for hydroxylation is 1. The van der Waals surface area contributed by atoms with Gasteiger partial charge in [-0.2, -0.15) is 0 Å². The van der Waals surface area contributed by atoms with Gasteiger partial charge in [0.25, 0.3) is 11.5 Å². The first-order valence-corrected chi connectivity index (χ1v) is 7.26. The van der Waals surface area contributed by atoms with E-state index in [0.717, 1.165) is 23.7 Å². The van der Waals surface area contributed by atoms with Crippen molar-refractivity contribution in [1.29, 1.82) is 0 Å². The number of anilines is 1. The molecule has 110 valence electrons. The lowest BCUT2D eigenvalue weighted by Gasteiger charge is -2.25. The van der Waals surface area contributed by atoms with E-state index in [-0.39, 0.29) is 17.2 Å². The van der Waals surface area contributed by atoms with Crippen molar-refractivity contribution in [3.63, 3.8) is 0 Å². The number of hydrogen-bond donors (Lipinski definition) is 1. The van der Waals surface area contributed by atoms with Gasteiger partial charge in [0, 0.05) is 11.9 Å². The summed E-state index contributed by atoms with van der Waals surface area (Å²) < 4.78 is 7.39. The van der Waals surface area contributed by atoms with Crippen LogP contribution in [0.25, 0.3) is 10.9 Å². The Hall–Kier alpha value is -2.30. The van der Waals surface area contributed by atoms with Crippen LogP contribution < -0.4 is 15.6 Å². The lowest BCUT2D eigenvalue weighted by atomic mass is 10.1. The van der Waals surface area contributed by atoms with Crippen LogP contribution in [0.5, 0.6) is 5.75 Å². The predicted octanol–water partition coefficient (Wildman–Crippen LogP) is 2.52. The van der Waals surface area contributed by atoms with Crippen LogP contribution in [0.1, 0.15) is 26.7 Å². The van der Waals surface area contributed by atoms with Crippen molar-refractivity contribution in [2.45, 2.75) is 39.3 Å². The van der Waals surface area contributed by atoms with E-state index in [1.165, 1.54) is 0 Å². The summed E-state index contributed by atoms with van der Waals surface area (Å²) in [6.45, 7) is 4.39. The topological polar surface area (TPSA) is 60.3 Å². The minimum Gasteiger partial charge on any atom is -0.478 e. The summed E-state index contributed by atoms with van der Waals surface area (Å²) in [7, 11) is 0. The number of carbonyl (C=O) groups is 1. The van der Waals surface area contributed by atoms with Gasteiger partial charge in [0.15, 0.2) is 17.5 Å². The fourth-order valence-electron chi connectivity index (χ4n) is 2.60. The largest absolute Gasteiger partial charge is 0.478 e. The van der Waals surface area contributed by atoms with Crippen LogP contribution in [0, 0.1) is 0 Å². The van der Waals surface area contributed by atoms with E-state index in [0.29, 0.717) is 12.3 Å². The average Bonchev–Trinajstić information content (AvgIpc) is 2.49. The Labute approximate surface area is 122 Å². The third kappa shape index (κ3) is 2.18. The van der Waals surface area contributed by atoms with E-state index in [2.05, 4.69) is 12.2 Å². The van der Waals surface area contributed by atoms with Gasteiger partial charge in [-0.05, 0) is 25.5 Å². The van der Waals surface area contributed by atoms with Crippen molar-refractivity contribution < 1.29 is 9.53 Å². The Balaban J connectivity index is 2.29. The maximum atomic E-state index is 12.7. The van der Waals surface area contributed by atoms with E-state index < -0.39 is 6.10 Å². The second-order valence-corrected chi connectivity index (χ2v) is 5.28. The van der Waals surface area contributed by atoms with Gasteiger partial charge in [-0.1, -0.05) is 25.5 Å². The number of rotatable bonds is 3. The molecule has 0 fully saturated rings. The summed E-state index contributed by atoms with van der Waals surface area (Å²) >= 11 is 0. The van der Waals surface area contributed by atoms with Crippen molar-refractivity contribution >= 4 is 22.5 Å². The summed E-state index contributed by atoms with van der Waals surface area (Å²) in [5.41, 5.74) is 0.906. The molecule has 0 spiro atoms. The maximum absolute atomic E-state index is 12.7. The average molecular weight is 286 g/mol. The SMILES string of the molecule is CCCCn1c(=O)c2c(c3ccccc31)OC(C)C(=O)N2. The first kappa shape index (κ1) is 13.7. The summed E-state index contributed by atoms with van der Waals surface area (Å²) in [6, 6.07) is 7.64. The highest BCUT2D eigenvalue weighted by atomic mass is 16.5. The molecule has 1 amide bonds. The Morgan fingerprint density at radius 3 is 2.81 bits per heavy atom. The smallest absolute Gasteiger partial charge is 0.278 e. The number of carbonyl (C=O) groups excluding carboxylic acids is 1. The summed E-state index contributed by atoms with van der Waals surface area (Å²) in [5, 5.41) is 3.55. The zero-order valence-corrected chi connectivity index (χ0v) is 12.2. The van der Waals surface area contributed by atoms with Crippen molar-refractivity contribution in [2.24, 2.45) is 0 Å². The predicted molar refractivity (Wildman–Crippen MR) is 81.8 cm³/mol. The van der Waals surface area contributed by atoms with Crippen molar-refractivity contribution in [1.82, 2.24) is 4.57 Å². The minimum atomic E-state index is -0.591. The molecule has 1 N–H and O–H groups in total. The minimum absolute atomic E-state index is 0.197. The molecule has 0 saturated heterocycles. The monoisotopic (exact) mass is 286 g/mol. The summed E-state index contributed by atoms with van der Waals surface area (Å²) in [6.07, 6.45) is 1.32. The fraction of sp³-hybridized carbons (Fsp3) is 0.375. The molecule has 0 aliphatic carbocycles. The highest BCUT2D eigenvalue weighted by molar-refractivity contribution is 6.02. The van der Waals surface area contributed by atoms with E-state index in [4.69, 9.17) is 4.74 Å². The van der Waals surface area contributed by atoms with Gasteiger partial charge in [0.1, 0.15) is 0 Å². The van der Waals surface area contributed by atoms with Gasteiger partial charge in [0.2, 0.25) is 0 Å². The number of aromatic nitrogens is 1. The van der Waals surface area contributed by atoms with E-state index in [9.17, 15) is 9.59 Å². The van der Waals surface area contributed by atoms with Crippen LogP contribution in [0.3, 0.4) is 0 Å². The van der Waals surface area contributed by atoms with Crippen LogP contribution in [-0.4, -0.2) is 16.6 Å². The highest BCUT2D eigenvalue weighted by Crippen LogP contribution is 2.34. The van der Waals surface area contributed by atoms with E-state index >= 15 is 0 Å². The van der Waals surface area contributed by atoms with Crippen molar-refractivity contribution in [3.05, 3.63) is 34.6 Å². The van der Waals surface area contributed by atoms with Gasteiger partial charge in [-0.3, -0.25) is 9.59 Å². The third-order valence-corrected chi connectivity index (χ3v) is 3.77. The molecule has 1 atom stereocenters. The van der Waals surface area contributed by atoms with Crippen LogP contribution in [0.2, 0.25) is 0 Å². The lowest BCUT2D eigenvalue weighted by Crippen LogP contribution is -2.39. The molecule has 3 rings (SSSR count). The number of amides is 1. The van der Waals surface area contributed by atoms with Crippen LogP contribution in [0.4, 0.5) is 5.69 Å². The molecule has 1 aromatic heterocycles. The number of nitrogens with zero attached hydrogens (tertiary/aromatic N) is 1. The molecule has 0 bridgehead atoms. The van der Waals surface area contributed by atoms with Gasteiger partial charge >= 0.3 is 0 Å². The van der Waals surface area contributed by atoms with Crippen molar-refractivity contribution in [2.75, 3.05) is 5.32 Å². The van der Waals surface area contributed by atoms with Gasteiger partial charge < -0.3 is 14.6 Å². The Kier molecular flexibility index (Phi) is 3.41. The molecule has 1 unspecified atom stereocenters. The number of fused-ring (bicyclic) bond motifs is 3. The highest BCUT2D eigenvalue weighted by Gasteiger charge is 2.28. The van der Waals surface area contributed by atoms with E-state index in [1.807, 2.05) is 24.3 Å². The van der Waals surface area contributed by atoms with Crippen molar-refractivity contribution in [3.8, 4) is 5.75 Å². The van der Waals surface area contributed by atoms with Gasteiger partial charge in [-0.25, -0.2) is 0 Å². The van der Waals surface area contributed by atoms with Gasteiger partial charge in [-0.15, -0.1) is 0 Å². The number of unbranched alkanes of at least 4 members (excludes halogenated alkanes) is 1.